The first-order valence-electron chi connectivity index (χ1n) is 12.9. The largest absolute Gasteiger partial charge is 0.496 e. The van der Waals surface area contributed by atoms with Gasteiger partial charge in [-0.25, -0.2) is 0 Å². The molecule has 2 saturated heterocycles. The maximum absolute atomic E-state index is 13.9. The number of quaternary nitrogens is 1. The molecule has 8 nitrogen and oxygen atoms in total. The summed E-state index contributed by atoms with van der Waals surface area (Å²) in [6.07, 6.45) is 1.40. The summed E-state index contributed by atoms with van der Waals surface area (Å²) < 4.78 is 11.2. The Bertz CT molecular complexity index is 1280. The highest BCUT2D eigenvalue weighted by atomic mass is 16.5. The molecule has 0 unspecified atom stereocenters. The summed E-state index contributed by atoms with van der Waals surface area (Å²) in [6.45, 7) is 5.33. The lowest BCUT2D eigenvalue weighted by Gasteiger charge is -2.47. The van der Waals surface area contributed by atoms with Crippen LogP contribution in [-0.4, -0.2) is 85.7 Å². The van der Waals surface area contributed by atoms with E-state index in [1.54, 1.807) is 12.0 Å². The number of nitrogens with zero attached hydrogens (tertiary/aromatic N) is 2. The van der Waals surface area contributed by atoms with Crippen LogP contribution in [0.4, 0.5) is 0 Å². The van der Waals surface area contributed by atoms with Gasteiger partial charge in [0.15, 0.2) is 0 Å². The Morgan fingerprint density at radius 3 is 2.69 bits per heavy atom. The summed E-state index contributed by atoms with van der Waals surface area (Å²) in [6, 6.07) is 15.0. The third-order valence-corrected chi connectivity index (χ3v) is 7.93. The molecule has 1 aromatic heterocycles. The fourth-order valence-corrected chi connectivity index (χ4v) is 6.16. The number of nitrogens with one attached hydrogen (secondary N) is 2. The molecule has 3 aliphatic rings. The minimum Gasteiger partial charge on any atom is -0.496 e. The van der Waals surface area contributed by atoms with Gasteiger partial charge in [0.25, 0.3) is 0 Å². The predicted octanol–water partition coefficient (Wildman–Crippen LogP) is 1.17. The predicted molar refractivity (Wildman–Crippen MR) is 135 cm³/mol. The highest BCUT2D eigenvalue weighted by Gasteiger charge is 2.48. The zero-order chi connectivity index (χ0) is 24.6. The number of piperazine rings is 1. The van der Waals surface area contributed by atoms with Crippen LogP contribution < -0.4 is 9.64 Å². The number of ether oxygens (including phenoxy) is 2. The first kappa shape index (κ1) is 23.1. The quantitative estimate of drug-likeness (QED) is 0.545. The van der Waals surface area contributed by atoms with Crippen molar-refractivity contribution in [2.24, 2.45) is 0 Å². The summed E-state index contributed by atoms with van der Waals surface area (Å²) in [5.41, 5.74) is 4.00. The number of amides is 2. The molecule has 3 aliphatic heterocycles. The van der Waals surface area contributed by atoms with Gasteiger partial charge in [0.2, 0.25) is 11.8 Å². The van der Waals surface area contributed by atoms with E-state index in [9.17, 15) is 9.59 Å². The average molecular weight is 490 g/mol. The van der Waals surface area contributed by atoms with E-state index in [2.05, 4.69) is 17.1 Å². The van der Waals surface area contributed by atoms with Crippen LogP contribution in [0.2, 0.25) is 0 Å². The summed E-state index contributed by atoms with van der Waals surface area (Å²) in [4.78, 5) is 36.2. The van der Waals surface area contributed by atoms with Gasteiger partial charge in [-0.2, -0.15) is 0 Å². The van der Waals surface area contributed by atoms with E-state index in [1.807, 2.05) is 41.3 Å². The Morgan fingerprint density at radius 1 is 1.08 bits per heavy atom. The fraction of sp³-hybridized carbons (Fsp3) is 0.429. The molecule has 4 heterocycles. The Balaban J connectivity index is 1.34. The van der Waals surface area contributed by atoms with Crippen LogP contribution in [0.5, 0.6) is 5.75 Å². The molecule has 36 heavy (non-hydrogen) atoms. The molecule has 0 aliphatic carbocycles. The van der Waals surface area contributed by atoms with Gasteiger partial charge in [-0.1, -0.05) is 36.4 Å². The number of hydrogen-bond acceptors (Lipinski definition) is 4. The first-order valence-corrected chi connectivity index (χ1v) is 12.9. The third kappa shape index (κ3) is 3.94. The van der Waals surface area contributed by atoms with Gasteiger partial charge in [0.05, 0.1) is 33.4 Å². The molecular weight excluding hydrogens is 456 g/mol. The number of hydrogen-bond donors (Lipinski definition) is 2. The van der Waals surface area contributed by atoms with Crippen molar-refractivity contribution in [2.45, 2.75) is 24.9 Å². The lowest BCUT2D eigenvalue weighted by atomic mass is 9.86. The van der Waals surface area contributed by atoms with Crippen LogP contribution in [-0.2, 0) is 20.7 Å². The van der Waals surface area contributed by atoms with Gasteiger partial charge < -0.3 is 29.2 Å². The Kier molecular flexibility index (Phi) is 6.15. The SMILES string of the molecule is COc1ccccc1[C@H]1c2[nH]c3ccccc3c2C[C@H]2C(=O)N(CCC[NH+]3CCOCC3)CC(=O)N12. The summed E-state index contributed by atoms with van der Waals surface area (Å²) >= 11 is 0. The molecule has 0 bridgehead atoms. The number of fused-ring (bicyclic) bond motifs is 4. The number of methoxy groups -OCH3 is 1. The second kappa shape index (κ2) is 9.59. The van der Waals surface area contributed by atoms with Crippen LogP contribution in [0.1, 0.15) is 29.3 Å². The molecule has 2 aromatic carbocycles. The number of H-pyrrole nitrogens is 1. The number of para-hydroxylation sites is 2. The molecular formula is C28H33N4O4+. The minimum absolute atomic E-state index is 0.0152. The Labute approximate surface area is 210 Å². The molecule has 2 N–H and O–H groups in total. The summed E-state index contributed by atoms with van der Waals surface area (Å²) in [5.74, 6) is 0.741. The van der Waals surface area contributed by atoms with Gasteiger partial charge in [-0.15, -0.1) is 0 Å². The Hall–Kier alpha value is -3.36. The molecule has 2 amide bonds. The molecule has 0 saturated carbocycles. The third-order valence-electron chi connectivity index (χ3n) is 7.93. The van der Waals surface area contributed by atoms with Crippen LogP contribution in [0.3, 0.4) is 0 Å². The van der Waals surface area contributed by atoms with Gasteiger partial charge in [0, 0.05) is 41.5 Å². The monoisotopic (exact) mass is 489 g/mol. The van der Waals surface area contributed by atoms with Crippen LogP contribution >= 0.6 is 0 Å². The van der Waals surface area contributed by atoms with Gasteiger partial charge >= 0.3 is 0 Å². The molecule has 2 atom stereocenters. The van der Waals surface area contributed by atoms with E-state index < -0.39 is 12.1 Å². The van der Waals surface area contributed by atoms with Crippen LogP contribution in [0.15, 0.2) is 48.5 Å². The zero-order valence-electron chi connectivity index (χ0n) is 20.7. The molecule has 6 rings (SSSR count). The van der Waals surface area contributed by atoms with Gasteiger partial charge in [0.1, 0.15) is 30.9 Å². The molecule has 2 fully saturated rings. The van der Waals surface area contributed by atoms with E-state index >= 15 is 0 Å². The highest BCUT2D eigenvalue weighted by molar-refractivity contribution is 5.97. The normalized spacial score (nSPS) is 22.6. The molecule has 3 aromatic rings. The molecule has 188 valence electrons. The number of carbonyl (C=O) groups is 2. The van der Waals surface area contributed by atoms with Crippen LogP contribution in [0, 0.1) is 0 Å². The van der Waals surface area contributed by atoms with Crippen molar-refractivity contribution in [3.63, 3.8) is 0 Å². The number of rotatable bonds is 6. The fourth-order valence-electron chi connectivity index (χ4n) is 6.16. The molecule has 0 radical (unpaired) electrons. The Morgan fingerprint density at radius 2 is 1.86 bits per heavy atom. The van der Waals surface area contributed by atoms with E-state index in [4.69, 9.17) is 9.47 Å². The number of carbonyl (C=O) groups excluding carboxylic acids is 2. The number of benzene rings is 2. The summed E-state index contributed by atoms with van der Waals surface area (Å²) in [5, 5.41) is 1.11. The number of aromatic nitrogens is 1. The second-order valence-corrected chi connectivity index (χ2v) is 9.95. The number of morpholine rings is 1. The second-order valence-electron chi connectivity index (χ2n) is 9.95. The maximum atomic E-state index is 13.9. The standard InChI is InChI=1S/C28H32N4O4/c1-35-24-10-5-3-8-20(24)27-26-21(19-7-2-4-9-22(19)29-26)17-23-28(34)31(18-25(33)32(23)27)12-6-11-30-13-15-36-16-14-30/h2-5,7-10,23,27,29H,6,11-18H2,1H3/p+1/t23-,27-/m0/s1. The van der Waals surface area contributed by atoms with Crippen molar-refractivity contribution in [1.82, 2.24) is 14.8 Å². The van der Waals surface area contributed by atoms with Crippen molar-refractivity contribution in [1.29, 1.82) is 0 Å². The van der Waals surface area contributed by atoms with Crippen molar-refractivity contribution >= 4 is 22.7 Å². The average Bonchev–Trinajstić information content (AvgIpc) is 3.29. The minimum atomic E-state index is -0.524. The van der Waals surface area contributed by atoms with E-state index in [0.29, 0.717) is 18.7 Å². The van der Waals surface area contributed by atoms with Gasteiger partial charge in [-0.3, -0.25) is 9.59 Å². The highest BCUT2D eigenvalue weighted by Crippen LogP contribution is 2.44. The lowest BCUT2D eigenvalue weighted by Crippen LogP contribution is -3.14. The van der Waals surface area contributed by atoms with E-state index in [1.165, 1.54) is 4.90 Å². The lowest BCUT2D eigenvalue weighted by molar-refractivity contribution is -0.908. The first-order chi connectivity index (χ1) is 17.7. The number of aromatic amines is 1. The van der Waals surface area contributed by atoms with E-state index in [-0.39, 0.29) is 18.4 Å². The van der Waals surface area contributed by atoms with Crippen molar-refractivity contribution in [3.05, 3.63) is 65.4 Å². The van der Waals surface area contributed by atoms with E-state index in [0.717, 1.165) is 67.0 Å². The van der Waals surface area contributed by atoms with Crippen molar-refractivity contribution in [2.75, 3.05) is 53.0 Å². The zero-order valence-corrected chi connectivity index (χ0v) is 20.7. The van der Waals surface area contributed by atoms with Gasteiger partial charge in [-0.05, 0) is 17.7 Å². The smallest absolute Gasteiger partial charge is 0.246 e. The molecule has 0 spiro atoms. The van der Waals surface area contributed by atoms with Crippen molar-refractivity contribution in [3.8, 4) is 5.75 Å². The van der Waals surface area contributed by atoms with Crippen LogP contribution in [0.25, 0.3) is 10.9 Å². The maximum Gasteiger partial charge on any atom is 0.246 e. The molecule has 8 heteroatoms. The van der Waals surface area contributed by atoms with Crippen molar-refractivity contribution < 1.29 is 24.0 Å². The topological polar surface area (TPSA) is 79.3 Å². The summed E-state index contributed by atoms with van der Waals surface area (Å²) in [7, 11) is 1.65.